The lowest BCUT2D eigenvalue weighted by molar-refractivity contribution is 0.122. The molecule has 0 spiro atoms. The van der Waals surface area contributed by atoms with Crippen LogP contribution in [0.5, 0.6) is 5.75 Å². The SMILES string of the molecule is Cc1cccc(C)c1OC1CC(Cl)C1. The largest absolute Gasteiger partial charge is 0.490 e. The van der Waals surface area contributed by atoms with Crippen LogP contribution < -0.4 is 4.74 Å². The minimum Gasteiger partial charge on any atom is -0.490 e. The van der Waals surface area contributed by atoms with E-state index in [0.717, 1.165) is 18.6 Å². The van der Waals surface area contributed by atoms with Gasteiger partial charge in [0.15, 0.2) is 0 Å². The van der Waals surface area contributed by atoms with Crippen molar-refractivity contribution >= 4 is 11.6 Å². The first kappa shape index (κ1) is 9.85. The lowest BCUT2D eigenvalue weighted by Gasteiger charge is -2.32. The first-order chi connectivity index (χ1) is 6.66. The summed E-state index contributed by atoms with van der Waals surface area (Å²) in [6.45, 7) is 4.17. The van der Waals surface area contributed by atoms with Crippen molar-refractivity contribution in [1.29, 1.82) is 0 Å². The Bertz CT molecular complexity index is 309. The van der Waals surface area contributed by atoms with E-state index in [1.807, 2.05) is 0 Å². The minimum atomic E-state index is 0.323. The monoisotopic (exact) mass is 210 g/mol. The summed E-state index contributed by atoms with van der Waals surface area (Å²) in [5.41, 5.74) is 2.42. The molecular formula is C12H15ClO. The zero-order chi connectivity index (χ0) is 10.1. The number of hydrogen-bond donors (Lipinski definition) is 0. The molecule has 0 aromatic heterocycles. The van der Waals surface area contributed by atoms with Gasteiger partial charge in [0.1, 0.15) is 11.9 Å². The Morgan fingerprint density at radius 3 is 2.29 bits per heavy atom. The second-order valence-corrected chi connectivity index (χ2v) is 4.65. The molecule has 1 saturated carbocycles. The second-order valence-electron chi connectivity index (χ2n) is 4.03. The Labute approximate surface area is 90.0 Å². The second kappa shape index (κ2) is 3.82. The van der Waals surface area contributed by atoms with E-state index in [1.54, 1.807) is 0 Å². The molecule has 0 aliphatic heterocycles. The topological polar surface area (TPSA) is 9.23 Å². The van der Waals surface area contributed by atoms with Crippen LogP contribution >= 0.6 is 11.6 Å². The van der Waals surface area contributed by atoms with E-state index >= 15 is 0 Å². The van der Waals surface area contributed by atoms with Crippen molar-refractivity contribution < 1.29 is 4.74 Å². The molecule has 0 saturated heterocycles. The standard InChI is InChI=1S/C12H15ClO/c1-8-4-3-5-9(2)12(8)14-11-6-10(13)7-11/h3-5,10-11H,6-7H2,1-2H3. The van der Waals surface area contributed by atoms with Crippen LogP contribution in [0.4, 0.5) is 0 Å². The van der Waals surface area contributed by atoms with Gasteiger partial charge in [-0.15, -0.1) is 11.6 Å². The maximum absolute atomic E-state index is 5.91. The molecule has 2 rings (SSSR count). The van der Waals surface area contributed by atoms with E-state index in [2.05, 4.69) is 32.0 Å². The zero-order valence-electron chi connectivity index (χ0n) is 8.59. The number of para-hydroxylation sites is 1. The highest BCUT2D eigenvalue weighted by Gasteiger charge is 2.29. The lowest BCUT2D eigenvalue weighted by Crippen LogP contribution is -2.34. The van der Waals surface area contributed by atoms with E-state index in [1.165, 1.54) is 11.1 Å². The summed E-state index contributed by atoms with van der Waals surface area (Å²) in [4.78, 5) is 0. The van der Waals surface area contributed by atoms with Crippen molar-refractivity contribution in [2.75, 3.05) is 0 Å². The van der Waals surface area contributed by atoms with Gasteiger partial charge in [-0.3, -0.25) is 0 Å². The summed E-state index contributed by atoms with van der Waals surface area (Å²) in [5, 5.41) is 0.323. The molecule has 0 bridgehead atoms. The fraction of sp³-hybridized carbons (Fsp3) is 0.500. The van der Waals surface area contributed by atoms with Gasteiger partial charge >= 0.3 is 0 Å². The van der Waals surface area contributed by atoms with E-state index in [9.17, 15) is 0 Å². The van der Waals surface area contributed by atoms with Gasteiger partial charge in [0.05, 0.1) is 0 Å². The highest BCUT2D eigenvalue weighted by Crippen LogP contribution is 2.32. The van der Waals surface area contributed by atoms with Crippen molar-refractivity contribution in [3.8, 4) is 5.75 Å². The third kappa shape index (κ3) is 1.88. The number of hydrogen-bond acceptors (Lipinski definition) is 1. The van der Waals surface area contributed by atoms with Crippen LogP contribution in [-0.4, -0.2) is 11.5 Å². The van der Waals surface area contributed by atoms with Crippen LogP contribution in [0.1, 0.15) is 24.0 Å². The third-order valence-corrected chi connectivity index (χ3v) is 3.09. The van der Waals surface area contributed by atoms with Crippen LogP contribution in [0.15, 0.2) is 18.2 Å². The first-order valence-electron chi connectivity index (χ1n) is 5.04. The first-order valence-corrected chi connectivity index (χ1v) is 5.47. The average Bonchev–Trinajstić information content (AvgIpc) is 2.08. The number of aryl methyl sites for hydroxylation is 2. The Kier molecular flexibility index (Phi) is 2.69. The maximum atomic E-state index is 5.91. The smallest absolute Gasteiger partial charge is 0.125 e. The van der Waals surface area contributed by atoms with Crippen molar-refractivity contribution in [2.45, 2.75) is 38.2 Å². The molecule has 0 heterocycles. The van der Waals surface area contributed by atoms with Crippen molar-refractivity contribution in [3.05, 3.63) is 29.3 Å². The molecule has 2 heteroatoms. The normalized spacial score (nSPS) is 25.6. The lowest BCUT2D eigenvalue weighted by atomic mass is 9.95. The van der Waals surface area contributed by atoms with E-state index in [-0.39, 0.29) is 0 Å². The Hall–Kier alpha value is -0.690. The summed E-state index contributed by atoms with van der Waals surface area (Å²) in [6.07, 6.45) is 2.29. The van der Waals surface area contributed by atoms with E-state index in [0.29, 0.717) is 11.5 Å². The highest BCUT2D eigenvalue weighted by molar-refractivity contribution is 6.21. The van der Waals surface area contributed by atoms with Crippen molar-refractivity contribution in [2.24, 2.45) is 0 Å². The van der Waals surface area contributed by atoms with Gasteiger partial charge in [0, 0.05) is 18.2 Å². The minimum absolute atomic E-state index is 0.323. The fourth-order valence-electron chi connectivity index (χ4n) is 1.75. The molecule has 0 atom stereocenters. The van der Waals surface area contributed by atoms with Crippen molar-refractivity contribution in [1.82, 2.24) is 0 Å². The van der Waals surface area contributed by atoms with Gasteiger partial charge < -0.3 is 4.74 Å². The van der Waals surface area contributed by atoms with Gasteiger partial charge in [0.25, 0.3) is 0 Å². The molecule has 1 nitrogen and oxygen atoms in total. The number of ether oxygens (including phenoxy) is 1. The number of alkyl halides is 1. The Morgan fingerprint density at radius 1 is 1.21 bits per heavy atom. The van der Waals surface area contributed by atoms with E-state index in [4.69, 9.17) is 16.3 Å². The van der Waals surface area contributed by atoms with Crippen LogP contribution in [0.2, 0.25) is 0 Å². The molecule has 0 radical (unpaired) electrons. The predicted molar refractivity (Wildman–Crippen MR) is 59.2 cm³/mol. The van der Waals surface area contributed by atoms with Gasteiger partial charge in [0.2, 0.25) is 0 Å². The number of halogens is 1. The van der Waals surface area contributed by atoms with Crippen LogP contribution in [0.3, 0.4) is 0 Å². The molecule has 0 unspecified atom stereocenters. The van der Waals surface area contributed by atoms with Crippen LogP contribution in [0.25, 0.3) is 0 Å². The summed E-state index contributed by atoms with van der Waals surface area (Å²) < 4.78 is 5.90. The summed E-state index contributed by atoms with van der Waals surface area (Å²) in [5.74, 6) is 1.04. The van der Waals surface area contributed by atoms with Crippen LogP contribution in [-0.2, 0) is 0 Å². The molecule has 1 fully saturated rings. The summed E-state index contributed by atoms with van der Waals surface area (Å²) >= 11 is 5.91. The molecule has 1 aromatic rings. The highest BCUT2D eigenvalue weighted by atomic mass is 35.5. The number of rotatable bonds is 2. The third-order valence-electron chi connectivity index (χ3n) is 2.73. The molecule has 1 aliphatic rings. The zero-order valence-corrected chi connectivity index (χ0v) is 9.34. The van der Waals surface area contributed by atoms with E-state index < -0.39 is 0 Å². The van der Waals surface area contributed by atoms with Gasteiger partial charge in [-0.2, -0.15) is 0 Å². The van der Waals surface area contributed by atoms with Crippen LogP contribution in [0, 0.1) is 13.8 Å². The molecule has 76 valence electrons. The summed E-state index contributed by atoms with van der Waals surface area (Å²) in [7, 11) is 0. The quantitative estimate of drug-likeness (QED) is 0.680. The van der Waals surface area contributed by atoms with Gasteiger partial charge in [-0.1, -0.05) is 18.2 Å². The van der Waals surface area contributed by atoms with Gasteiger partial charge in [-0.25, -0.2) is 0 Å². The average molecular weight is 211 g/mol. The van der Waals surface area contributed by atoms with Crippen molar-refractivity contribution in [3.63, 3.8) is 0 Å². The number of benzene rings is 1. The Morgan fingerprint density at radius 2 is 1.79 bits per heavy atom. The summed E-state index contributed by atoms with van der Waals surface area (Å²) in [6, 6.07) is 6.22. The molecule has 1 aliphatic carbocycles. The Balaban J connectivity index is 2.09. The fourth-order valence-corrected chi connectivity index (χ4v) is 2.15. The molecular weight excluding hydrogens is 196 g/mol. The molecule has 0 amide bonds. The van der Waals surface area contributed by atoms with Gasteiger partial charge in [-0.05, 0) is 25.0 Å². The molecule has 14 heavy (non-hydrogen) atoms. The predicted octanol–water partition coefficient (Wildman–Crippen LogP) is 3.45. The molecule has 1 aromatic carbocycles. The maximum Gasteiger partial charge on any atom is 0.125 e. The molecule has 0 N–H and O–H groups in total.